The summed E-state index contributed by atoms with van der Waals surface area (Å²) in [7, 11) is 1.86. The van der Waals surface area contributed by atoms with E-state index in [-0.39, 0.29) is 24.6 Å². The van der Waals surface area contributed by atoms with E-state index in [9.17, 15) is 14.7 Å². The second kappa shape index (κ2) is 8.91. The zero-order valence-electron chi connectivity index (χ0n) is 17.9. The molecule has 1 saturated heterocycles. The lowest BCUT2D eigenvalue weighted by Crippen LogP contribution is -2.37. The van der Waals surface area contributed by atoms with E-state index in [0.29, 0.717) is 25.2 Å². The molecule has 7 nitrogen and oxygen atoms in total. The zero-order chi connectivity index (χ0) is 22.0. The van der Waals surface area contributed by atoms with Gasteiger partial charge in [-0.1, -0.05) is 48.5 Å². The van der Waals surface area contributed by atoms with Gasteiger partial charge in [0.05, 0.1) is 23.9 Å². The van der Waals surface area contributed by atoms with E-state index in [2.05, 4.69) is 0 Å². The molecular formula is C24H28N4O3. The van der Waals surface area contributed by atoms with Crippen LogP contribution in [-0.4, -0.2) is 55.9 Å². The molecule has 2 heterocycles. The van der Waals surface area contributed by atoms with Gasteiger partial charge in [-0.3, -0.25) is 19.2 Å². The Hall–Kier alpha value is -3.16. The molecule has 7 heteroatoms. The van der Waals surface area contributed by atoms with Gasteiger partial charge in [0.2, 0.25) is 5.91 Å². The van der Waals surface area contributed by atoms with Crippen LogP contribution in [0.15, 0.2) is 65.5 Å². The summed E-state index contributed by atoms with van der Waals surface area (Å²) in [5.74, 6) is -0.0441. The van der Waals surface area contributed by atoms with Crippen LogP contribution in [0.25, 0.3) is 5.69 Å². The quantitative estimate of drug-likeness (QED) is 0.682. The van der Waals surface area contributed by atoms with Crippen LogP contribution in [0, 0.1) is 6.92 Å². The minimum Gasteiger partial charge on any atom is -0.390 e. The Morgan fingerprint density at radius 3 is 2.26 bits per heavy atom. The smallest absolute Gasteiger partial charge is 0.276 e. The largest absolute Gasteiger partial charge is 0.390 e. The average molecular weight is 421 g/mol. The number of carbonyl (C=O) groups excluding carboxylic acids is 1. The van der Waals surface area contributed by atoms with Crippen molar-refractivity contribution >= 4 is 5.91 Å². The molecule has 0 saturated carbocycles. The third-order valence-electron chi connectivity index (χ3n) is 5.88. The normalized spacial score (nSPS) is 17.7. The molecule has 1 fully saturated rings. The van der Waals surface area contributed by atoms with E-state index in [1.807, 2.05) is 84.2 Å². The number of benzene rings is 2. The summed E-state index contributed by atoms with van der Waals surface area (Å²) < 4.78 is 3.48. The van der Waals surface area contributed by atoms with Crippen molar-refractivity contribution in [3.63, 3.8) is 0 Å². The number of carbonyl (C=O) groups is 1. The highest BCUT2D eigenvalue weighted by Crippen LogP contribution is 2.15. The Balaban J connectivity index is 1.55. The van der Waals surface area contributed by atoms with Crippen molar-refractivity contribution in [2.45, 2.75) is 26.1 Å². The van der Waals surface area contributed by atoms with Crippen molar-refractivity contribution in [1.82, 2.24) is 19.2 Å². The number of aliphatic hydroxyl groups excluding tert-OH is 1. The molecule has 162 valence electrons. The molecule has 3 aromatic rings. The molecule has 0 aliphatic carbocycles. The summed E-state index contributed by atoms with van der Waals surface area (Å²) in [6.45, 7) is 3.50. The highest BCUT2D eigenvalue weighted by atomic mass is 16.3. The Labute approximate surface area is 181 Å². The van der Waals surface area contributed by atoms with E-state index in [1.54, 1.807) is 9.58 Å². The van der Waals surface area contributed by atoms with Gasteiger partial charge >= 0.3 is 0 Å². The Bertz CT molecular complexity index is 1110. The maximum atomic E-state index is 13.2. The fourth-order valence-corrected chi connectivity index (χ4v) is 4.17. The number of hydrogen-bond acceptors (Lipinski definition) is 4. The van der Waals surface area contributed by atoms with Crippen LogP contribution in [-0.2, 0) is 24.9 Å². The first-order valence-corrected chi connectivity index (χ1v) is 10.5. The van der Waals surface area contributed by atoms with Crippen molar-refractivity contribution in [1.29, 1.82) is 0 Å². The minimum absolute atomic E-state index is 0.0441. The molecule has 31 heavy (non-hydrogen) atoms. The van der Waals surface area contributed by atoms with Crippen molar-refractivity contribution < 1.29 is 9.90 Å². The van der Waals surface area contributed by atoms with Crippen LogP contribution >= 0.6 is 0 Å². The lowest BCUT2D eigenvalue weighted by atomic mass is 10.2. The lowest BCUT2D eigenvalue weighted by Gasteiger charge is -2.22. The van der Waals surface area contributed by atoms with Crippen LogP contribution < -0.4 is 5.56 Å². The first kappa shape index (κ1) is 21.1. The highest BCUT2D eigenvalue weighted by molar-refractivity contribution is 5.78. The highest BCUT2D eigenvalue weighted by Gasteiger charge is 2.28. The number of para-hydroxylation sites is 1. The van der Waals surface area contributed by atoms with E-state index in [4.69, 9.17) is 0 Å². The zero-order valence-corrected chi connectivity index (χ0v) is 17.9. The Morgan fingerprint density at radius 2 is 1.58 bits per heavy atom. The molecule has 1 atom stereocenters. The number of amides is 1. The number of aromatic nitrogens is 2. The molecular weight excluding hydrogens is 392 g/mol. The molecule has 1 amide bonds. The lowest BCUT2D eigenvalue weighted by molar-refractivity contribution is -0.132. The summed E-state index contributed by atoms with van der Waals surface area (Å²) in [5, 5.41) is 10.6. The summed E-state index contributed by atoms with van der Waals surface area (Å²) in [5.41, 5.74) is 3.22. The van der Waals surface area contributed by atoms with E-state index < -0.39 is 6.10 Å². The molecule has 0 bridgehead atoms. The summed E-state index contributed by atoms with van der Waals surface area (Å²) in [6, 6.07) is 19.3. The molecule has 1 aliphatic heterocycles. The average Bonchev–Trinajstić information content (AvgIpc) is 2.88. The Morgan fingerprint density at radius 1 is 0.935 bits per heavy atom. The fraction of sp³-hybridized carbons (Fsp3) is 0.333. The maximum absolute atomic E-state index is 13.2. The van der Waals surface area contributed by atoms with Gasteiger partial charge in [0.25, 0.3) is 5.56 Å². The van der Waals surface area contributed by atoms with Crippen LogP contribution in [0.1, 0.15) is 16.8 Å². The van der Waals surface area contributed by atoms with Crippen LogP contribution in [0.3, 0.4) is 0 Å². The van der Waals surface area contributed by atoms with Crippen LogP contribution in [0.2, 0.25) is 0 Å². The second-order valence-electron chi connectivity index (χ2n) is 8.12. The molecule has 0 spiro atoms. The minimum atomic E-state index is -0.671. The summed E-state index contributed by atoms with van der Waals surface area (Å²) >= 11 is 0. The van der Waals surface area contributed by atoms with Crippen molar-refractivity contribution in [3.8, 4) is 5.69 Å². The summed E-state index contributed by atoms with van der Waals surface area (Å²) in [4.78, 5) is 29.7. The topological polar surface area (TPSA) is 70.7 Å². The third-order valence-corrected chi connectivity index (χ3v) is 5.88. The van der Waals surface area contributed by atoms with Gasteiger partial charge in [0.1, 0.15) is 0 Å². The number of hydrogen-bond donors (Lipinski definition) is 1. The number of nitrogens with zero attached hydrogens (tertiary/aromatic N) is 4. The van der Waals surface area contributed by atoms with Crippen molar-refractivity contribution in [2.24, 2.45) is 7.05 Å². The van der Waals surface area contributed by atoms with Crippen molar-refractivity contribution in [2.75, 3.05) is 19.6 Å². The second-order valence-corrected chi connectivity index (χ2v) is 8.12. The van der Waals surface area contributed by atoms with Gasteiger partial charge in [-0.2, -0.15) is 0 Å². The molecule has 1 unspecified atom stereocenters. The maximum Gasteiger partial charge on any atom is 0.276 e. The molecule has 2 aromatic carbocycles. The van der Waals surface area contributed by atoms with Gasteiger partial charge in [-0.15, -0.1) is 0 Å². The summed E-state index contributed by atoms with van der Waals surface area (Å²) in [6.07, 6.45) is -0.671. The van der Waals surface area contributed by atoms with E-state index in [1.165, 1.54) is 0 Å². The fourth-order valence-electron chi connectivity index (χ4n) is 4.17. The first-order chi connectivity index (χ1) is 14.9. The molecule has 1 N–H and O–H groups in total. The molecule has 1 aromatic heterocycles. The standard InChI is InChI=1S/C24H28N4O3/c1-18-22(24(31)28(25(18)2)20-11-7-4-8-12-20)16-26-14-21(29)15-27(23(30)17-26)13-19-9-5-3-6-10-19/h3-12,21,29H,13-17H2,1-2H3. The number of aliphatic hydroxyl groups is 1. The van der Waals surface area contributed by atoms with Crippen LogP contribution in [0.4, 0.5) is 0 Å². The number of rotatable bonds is 5. The Kier molecular flexibility index (Phi) is 6.06. The monoisotopic (exact) mass is 420 g/mol. The van der Waals surface area contributed by atoms with E-state index >= 15 is 0 Å². The molecule has 0 radical (unpaired) electrons. The van der Waals surface area contributed by atoms with Gasteiger partial charge < -0.3 is 10.0 Å². The first-order valence-electron chi connectivity index (χ1n) is 10.5. The van der Waals surface area contributed by atoms with Gasteiger partial charge in [0, 0.05) is 38.9 Å². The predicted molar refractivity (Wildman–Crippen MR) is 119 cm³/mol. The van der Waals surface area contributed by atoms with E-state index in [0.717, 1.165) is 16.9 Å². The number of β-amino-alcohol motifs (C(OH)–C–C–N with tert-alkyl or cyclic N) is 1. The third kappa shape index (κ3) is 4.47. The predicted octanol–water partition coefficient (Wildman–Crippen LogP) is 1.69. The van der Waals surface area contributed by atoms with Crippen LogP contribution in [0.5, 0.6) is 0 Å². The van der Waals surface area contributed by atoms with Gasteiger partial charge in [0.15, 0.2) is 0 Å². The van der Waals surface area contributed by atoms with Crippen molar-refractivity contribution in [3.05, 3.63) is 87.8 Å². The van der Waals surface area contributed by atoms with Gasteiger partial charge in [-0.25, -0.2) is 4.68 Å². The SMILES string of the molecule is Cc1c(CN2CC(=O)N(Cc3ccccc3)CC(O)C2)c(=O)n(-c2ccccc2)n1C. The molecule has 4 rings (SSSR count). The van der Waals surface area contributed by atoms with Gasteiger partial charge in [-0.05, 0) is 24.6 Å². The molecule has 1 aliphatic rings.